The molecule has 0 bridgehead atoms. The van der Waals surface area contributed by atoms with E-state index in [9.17, 15) is 18.0 Å². The van der Waals surface area contributed by atoms with Gasteiger partial charge in [-0.05, 0) is 13.3 Å². The number of carbonyl (C=O) groups excluding carboxylic acids is 1. The molecule has 1 N–H and O–H groups in total. The van der Waals surface area contributed by atoms with Crippen molar-refractivity contribution in [3.8, 4) is 0 Å². The number of amides is 1. The first-order valence-electron chi connectivity index (χ1n) is 5.35. The Bertz CT molecular complexity index is 282. The standard InChI is InChI=1S/C10H16F3NO3/c1-6-7(3-4-17-6)9(16)14(2)5-8(15)10(11,12)13/h6-8,15H,3-5H2,1-2H3. The molecule has 17 heavy (non-hydrogen) atoms. The van der Waals surface area contributed by atoms with Gasteiger partial charge >= 0.3 is 6.18 Å². The maximum atomic E-state index is 12.1. The van der Waals surface area contributed by atoms with Crippen LogP contribution in [0.5, 0.6) is 0 Å². The lowest BCUT2D eigenvalue weighted by molar-refractivity contribution is -0.207. The molecule has 0 radical (unpaired) electrons. The first kappa shape index (κ1) is 14.2. The zero-order valence-corrected chi connectivity index (χ0v) is 9.70. The number of likely N-dealkylation sites (N-methyl/N-ethyl adjacent to an activating group) is 1. The second-order valence-corrected chi connectivity index (χ2v) is 4.25. The Labute approximate surface area is 97.3 Å². The molecule has 1 fully saturated rings. The van der Waals surface area contributed by atoms with Crippen LogP contribution in [0.2, 0.25) is 0 Å². The number of nitrogens with zero attached hydrogens (tertiary/aromatic N) is 1. The number of halogens is 3. The topological polar surface area (TPSA) is 49.8 Å². The minimum absolute atomic E-state index is 0.284. The van der Waals surface area contributed by atoms with Crippen LogP contribution in [-0.4, -0.2) is 54.5 Å². The van der Waals surface area contributed by atoms with E-state index in [2.05, 4.69) is 0 Å². The van der Waals surface area contributed by atoms with Crippen LogP contribution in [0.4, 0.5) is 13.2 Å². The average molecular weight is 255 g/mol. The van der Waals surface area contributed by atoms with Gasteiger partial charge < -0.3 is 14.7 Å². The maximum Gasteiger partial charge on any atom is 0.416 e. The summed E-state index contributed by atoms with van der Waals surface area (Å²) < 4.78 is 41.5. The van der Waals surface area contributed by atoms with Crippen molar-refractivity contribution in [1.29, 1.82) is 0 Å². The lowest BCUT2D eigenvalue weighted by Crippen LogP contribution is -2.44. The fourth-order valence-corrected chi connectivity index (χ4v) is 1.79. The second-order valence-electron chi connectivity index (χ2n) is 4.25. The van der Waals surface area contributed by atoms with Crippen molar-refractivity contribution in [1.82, 2.24) is 4.90 Å². The average Bonchev–Trinajstić information content (AvgIpc) is 2.61. The van der Waals surface area contributed by atoms with Gasteiger partial charge in [-0.15, -0.1) is 0 Å². The van der Waals surface area contributed by atoms with E-state index in [1.807, 2.05) is 0 Å². The molecule has 0 aromatic heterocycles. The summed E-state index contributed by atoms with van der Waals surface area (Å²) in [6.07, 6.45) is -6.99. The van der Waals surface area contributed by atoms with E-state index in [0.717, 1.165) is 4.90 Å². The third kappa shape index (κ3) is 3.57. The molecule has 1 amide bonds. The number of alkyl halides is 3. The number of hydrogen-bond acceptors (Lipinski definition) is 3. The molecule has 1 saturated heterocycles. The number of ether oxygens (including phenoxy) is 1. The second kappa shape index (κ2) is 5.22. The summed E-state index contributed by atoms with van der Waals surface area (Å²) in [4.78, 5) is 12.7. The Morgan fingerprint density at radius 2 is 2.18 bits per heavy atom. The van der Waals surface area contributed by atoms with E-state index in [-0.39, 0.29) is 6.10 Å². The van der Waals surface area contributed by atoms with Gasteiger partial charge in [-0.2, -0.15) is 13.2 Å². The fraction of sp³-hybridized carbons (Fsp3) is 0.900. The van der Waals surface area contributed by atoms with Gasteiger partial charge in [-0.3, -0.25) is 4.79 Å². The summed E-state index contributed by atoms with van der Waals surface area (Å²) in [6, 6.07) is 0. The highest BCUT2D eigenvalue weighted by molar-refractivity contribution is 5.79. The summed E-state index contributed by atoms with van der Waals surface area (Å²) in [5, 5.41) is 8.86. The minimum atomic E-state index is -4.70. The van der Waals surface area contributed by atoms with Gasteiger partial charge in [-0.25, -0.2) is 0 Å². The molecule has 0 aromatic carbocycles. The Kier molecular flexibility index (Phi) is 4.37. The van der Waals surface area contributed by atoms with Gasteiger partial charge in [0.1, 0.15) is 0 Å². The van der Waals surface area contributed by atoms with Crippen LogP contribution in [-0.2, 0) is 9.53 Å². The predicted octanol–water partition coefficient (Wildman–Crippen LogP) is 0.793. The largest absolute Gasteiger partial charge is 0.416 e. The van der Waals surface area contributed by atoms with Crippen LogP contribution in [0.15, 0.2) is 0 Å². The van der Waals surface area contributed by atoms with Crippen LogP contribution in [0.1, 0.15) is 13.3 Å². The monoisotopic (exact) mass is 255 g/mol. The zero-order valence-electron chi connectivity index (χ0n) is 9.70. The van der Waals surface area contributed by atoms with Crippen LogP contribution in [0.3, 0.4) is 0 Å². The molecule has 1 aliphatic rings. The van der Waals surface area contributed by atoms with Crippen molar-refractivity contribution >= 4 is 5.91 Å². The SMILES string of the molecule is CC1OCCC1C(=O)N(C)CC(O)C(F)(F)F. The highest BCUT2D eigenvalue weighted by atomic mass is 19.4. The number of hydrogen-bond donors (Lipinski definition) is 1. The van der Waals surface area contributed by atoms with Gasteiger partial charge in [0.05, 0.1) is 18.6 Å². The molecule has 0 aliphatic carbocycles. The van der Waals surface area contributed by atoms with Gasteiger partial charge in [-0.1, -0.05) is 0 Å². The van der Waals surface area contributed by atoms with E-state index in [1.54, 1.807) is 6.92 Å². The van der Waals surface area contributed by atoms with Crippen molar-refractivity contribution in [2.24, 2.45) is 5.92 Å². The maximum absolute atomic E-state index is 12.1. The van der Waals surface area contributed by atoms with E-state index in [4.69, 9.17) is 9.84 Å². The number of aliphatic hydroxyl groups excluding tert-OH is 1. The molecule has 1 rings (SSSR count). The third-order valence-electron chi connectivity index (χ3n) is 2.89. The first-order chi connectivity index (χ1) is 7.73. The number of carbonyl (C=O) groups is 1. The van der Waals surface area contributed by atoms with Gasteiger partial charge in [0.15, 0.2) is 6.10 Å². The molecule has 1 heterocycles. The van der Waals surface area contributed by atoms with Crippen LogP contribution in [0.25, 0.3) is 0 Å². The molecule has 0 aromatic rings. The van der Waals surface area contributed by atoms with Crippen LogP contribution in [0, 0.1) is 5.92 Å². The van der Waals surface area contributed by atoms with E-state index < -0.39 is 30.7 Å². The molecule has 0 spiro atoms. The van der Waals surface area contributed by atoms with Gasteiger partial charge in [0.25, 0.3) is 0 Å². The van der Waals surface area contributed by atoms with E-state index in [0.29, 0.717) is 13.0 Å². The van der Waals surface area contributed by atoms with Crippen molar-refractivity contribution in [2.75, 3.05) is 20.2 Å². The van der Waals surface area contributed by atoms with Crippen LogP contribution >= 0.6 is 0 Å². The molecule has 0 saturated carbocycles. The predicted molar refractivity (Wildman–Crippen MR) is 53.2 cm³/mol. The molecule has 1 aliphatic heterocycles. The first-order valence-corrected chi connectivity index (χ1v) is 5.35. The quantitative estimate of drug-likeness (QED) is 0.811. The van der Waals surface area contributed by atoms with Gasteiger partial charge in [0.2, 0.25) is 5.91 Å². The Hall–Kier alpha value is -0.820. The Balaban J connectivity index is 2.52. The summed E-state index contributed by atoms with van der Waals surface area (Å²) in [7, 11) is 1.25. The molecule has 4 nitrogen and oxygen atoms in total. The Morgan fingerprint density at radius 1 is 1.59 bits per heavy atom. The van der Waals surface area contributed by atoms with E-state index in [1.165, 1.54) is 7.05 Å². The lowest BCUT2D eigenvalue weighted by atomic mass is 10.0. The summed E-state index contributed by atoms with van der Waals surface area (Å²) in [5.74, 6) is -0.835. The highest BCUT2D eigenvalue weighted by Crippen LogP contribution is 2.24. The Morgan fingerprint density at radius 3 is 2.59 bits per heavy atom. The molecule has 3 unspecified atom stereocenters. The smallest absolute Gasteiger partial charge is 0.382 e. The number of aliphatic hydroxyl groups is 1. The summed E-state index contributed by atoms with van der Waals surface area (Å²) in [5.41, 5.74) is 0. The highest BCUT2D eigenvalue weighted by Gasteiger charge is 2.41. The van der Waals surface area contributed by atoms with Gasteiger partial charge in [0, 0.05) is 13.7 Å². The minimum Gasteiger partial charge on any atom is -0.382 e. The normalized spacial score (nSPS) is 26.9. The molecular weight excluding hydrogens is 239 g/mol. The molecule has 100 valence electrons. The van der Waals surface area contributed by atoms with Crippen molar-refractivity contribution in [3.05, 3.63) is 0 Å². The number of rotatable bonds is 3. The third-order valence-corrected chi connectivity index (χ3v) is 2.89. The molecule has 3 atom stereocenters. The summed E-state index contributed by atoms with van der Waals surface area (Å²) >= 11 is 0. The van der Waals surface area contributed by atoms with E-state index >= 15 is 0 Å². The van der Waals surface area contributed by atoms with Crippen molar-refractivity contribution < 1.29 is 27.8 Å². The van der Waals surface area contributed by atoms with Crippen molar-refractivity contribution in [2.45, 2.75) is 31.7 Å². The summed E-state index contributed by atoms with van der Waals surface area (Å²) in [6.45, 7) is 1.41. The molecular formula is C10H16F3NO3. The fourth-order valence-electron chi connectivity index (χ4n) is 1.79. The van der Waals surface area contributed by atoms with Crippen molar-refractivity contribution in [3.63, 3.8) is 0 Å². The van der Waals surface area contributed by atoms with Crippen LogP contribution < -0.4 is 0 Å². The molecule has 7 heteroatoms. The zero-order chi connectivity index (χ0) is 13.2. The lowest BCUT2D eigenvalue weighted by Gasteiger charge is -2.25.